The van der Waals surface area contributed by atoms with Gasteiger partial charge in [0.2, 0.25) is 0 Å². The van der Waals surface area contributed by atoms with Crippen LogP contribution in [0.1, 0.15) is 19.4 Å². The molecule has 0 saturated heterocycles. The second kappa shape index (κ2) is 6.71. The van der Waals surface area contributed by atoms with Gasteiger partial charge in [0.1, 0.15) is 0 Å². The first-order valence-corrected chi connectivity index (χ1v) is 7.07. The molecule has 0 bridgehead atoms. The monoisotopic (exact) mass is 346 g/mol. The molecule has 0 aliphatic heterocycles. The Bertz CT molecular complexity index is 331. The van der Waals surface area contributed by atoms with Gasteiger partial charge >= 0.3 is 0 Å². The van der Waals surface area contributed by atoms with E-state index in [1.165, 1.54) is 9.13 Å². The van der Waals surface area contributed by atoms with Gasteiger partial charge in [-0.2, -0.15) is 0 Å². The lowest BCUT2D eigenvalue weighted by Crippen LogP contribution is -2.37. The van der Waals surface area contributed by atoms with E-state index in [-0.39, 0.29) is 0 Å². The Labute approximate surface area is 119 Å². The molecule has 17 heavy (non-hydrogen) atoms. The van der Waals surface area contributed by atoms with E-state index in [4.69, 9.17) is 0 Å². The molecular weight excluding hydrogens is 323 g/mol. The maximum Gasteiger partial charge on any atom is 0.0205 e. The SMILES string of the molecule is CN(C)CC(C)(C)CNCc1ccc(I)cc1. The van der Waals surface area contributed by atoms with Crippen LogP contribution in [-0.4, -0.2) is 32.1 Å². The topological polar surface area (TPSA) is 15.3 Å². The van der Waals surface area contributed by atoms with Gasteiger partial charge in [0.15, 0.2) is 0 Å². The van der Waals surface area contributed by atoms with Gasteiger partial charge in [0.25, 0.3) is 0 Å². The molecule has 0 heterocycles. The summed E-state index contributed by atoms with van der Waals surface area (Å²) in [7, 11) is 4.25. The Balaban J connectivity index is 2.34. The van der Waals surface area contributed by atoms with E-state index in [0.717, 1.165) is 19.6 Å². The van der Waals surface area contributed by atoms with E-state index in [9.17, 15) is 0 Å². The molecule has 1 aromatic rings. The molecule has 1 N–H and O–H groups in total. The van der Waals surface area contributed by atoms with Crippen molar-refractivity contribution in [2.75, 3.05) is 27.2 Å². The summed E-state index contributed by atoms with van der Waals surface area (Å²) in [5.74, 6) is 0. The van der Waals surface area contributed by atoms with Crippen LogP contribution in [0.25, 0.3) is 0 Å². The lowest BCUT2D eigenvalue weighted by Gasteiger charge is -2.28. The Hall–Kier alpha value is -0.130. The van der Waals surface area contributed by atoms with Crippen LogP contribution in [0.15, 0.2) is 24.3 Å². The van der Waals surface area contributed by atoms with Gasteiger partial charge in [-0.3, -0.25) is 0 Å². The van der Waals surface area contributed by atoms with Crippen molar-refractivity contribution >= 4 is 22.6 Å². The first-order valence-electron chi connectivity index (χ1n) is 5.99. The van der Waals surface area contributed by atoms with Gasteiger partial charge in [0.05, 0.1) is 0 Å². The fourth-order valence-electron chi connectivity index (χ4n) is 2.06. The van der Waals surface area contributed by atoms with Gasteiger partial charge in [-0.25, -0.2) is 0 Å². The second-order valence-electron chi connectivity index (χ2n) is 5.63. The van der Waals surface area contributed by atoms with Crippen LogP contribution in [0.3, 0.4) is 0 Å². The summed E-state index contributed by atoms with van der Waals surface area (Å²) in [6.07, 6.45) is 0. The zero-order valence-corrected chi connectivity index (χ0v) is 13.4. The van der Waals surface area contributed by atoms with Crippen LogP contribution >= 0.6 is 22.6 Å². The molecule has 0 saturated carbocycles. The predicted octanol–water partition coefficient (Wildman–Crippen LogP) is 2.97. The Morgan fingerprint density at radius 3 is 2.29 bits per heavy atom. The summed E-state index contributed by atoms with van der Waals surface area (Å²) in [4.78, 5) is 2.24. The van der Waals surface area contributed by atoms with Crippen molar-refractivity contribution in [1.82, 2.24) is 10.2 Å². The number of nitrogens with one attached hydrogen (secondary N) is 1. The molecule has 96 valence electrons. The minimum atomic E-state index is 0.312. The van der Waals surface area contributed by atoms with Crippen LogP contribution in [-0.2, 0) is 6.54 Å². The summed E-state index contributed by atoms with van der Waals surface area (Å²) >= 11 is 2.33. The van der Waals surface area contributed by atoms with Gasteiger partial charge in [0, 0.05) is 23.2 Å². The van der Waals surface area contributed by atoms with Crippen molar-refractivity contribution in [3.8, 4) is 0 Å². The summed E-state index contributed by atoms with van der Waals surface area (Å²) in [5, 5.41) is 3.54. The first kappa shape index (κ1) is 14.9. The minimum Gasteiger partial charge on any atom is -0.312 e. The van der Waals surface area contributed by atoms with E-state index in [1.54, 1.807) is 0 Å². The molecule has 1 aromatic carbocycles. The average molecular weight is 346 g/mol. The van der Waals surface area contributed by atoms with E-state index < -0.39 is 0 Å². The van der Waals surface area contributed by atoms with Gasteiger partial charge in [-0.15, -0.1) is 0 Å². The Morgan fingerprint density at radius 1 is 1.18 bits per heavy atom. The fraction of sp³-hybridized carbons (Fsp3) is 0.571. The number of nitrogens with zero attached hydrogens (tertiary/aromatic N) is 1. The van der Waals surface area contributed by atoms with Crippen molar-refractivity contribution in [1.29, 1.82) is 0 Å². The van der Waals surface area contributed by atoms with Crippen molar-refractivity contribution in [3.05, 3.63) is 33.4 Å². The quantitative estimate of drug-likeness (QED) is 0.797. The molecule has 0 atom stereocenters. The molecule has 0 aromatic heterocycles. The molecule has 0 fully saturated rings. The highest BCUT2D eigenvalue weighted by molar-refractivity contribution is 14.1. The Kier molecular flexibility index (Phi) is 5.89. The number of halogens is 1. The molecule has 1 rings (SSSR count). The van der Waals surface area contributed by atoms with Crippen molar-refractivity contribution in [2.45, 2.75) is 20.4 Å². The van der Waals surface area contributed by atoms with Crippen LogP contribution in [0.2, 0.25) is 0 Å². The second-order valence-corrected chi connectivity index (χ2v) is 6.88. The summed E-state index contributed by atoms with van der Waals surface area (Å²) in [6, 6.07) is 8.69. The van der Waals surface area contributed by atoms with Gasteiger partial charge < -0.3 is 10.2 Å². The normalized spacial score (nSPS) is 12.1. The third-order valence-electron chi connectivity index (χ3n) is 2.59. The zero-order valence-electron chi connectivity index (χ0n) is 11.3. The average Bonchev–Trinajstić information content (AvgIpc) is 2.18. The highest BCUT2D eigenvalue weighted by Gasteiger charge is 2.17. The highest BCUT2D eigenvalue weighted by Crippen LogP contribution is 2.14. The molecular formula is C14H23IN2. The van der Waals surface area contributed by atoms with Crippen LogP contribution in [0, 0.1) is 8.99 Å². The van der Waals surface area contributed by atoms with Crippen molar-refractivity contribution < 1.29 is 0 Å². The Morgan fingerprint density at radius 2 is 1.76 bits per heavy atom. The predicted molar refractivity (Wildman–Crippen MR) is 83.2 cm³/mol. The molecule has 0 aliphatic rings. The molecule has 0 aliphatic carbocycles. The lowest BCUT2D eigenvalue weighted by molar-refractivity contribution is 0.232. The van der Waals surface area contributed by atoms with Gasteiger partial charge in [-0.05, 0) is 59.8 Å². The molecule has 2 nitrogen and oxygen atoms in total. The first-order chi connectivity index (χ1) is 7.89. The van der Waals surface area contributed by atoms with Crippen LogP contribution in [0.5, 0.6) is 0 Å². The maximum atomic E-state index is 3.54. The fourth-order valence-corrected chi connectivity index (χ4v) is 2.42. The third-order valence-corrected chi connectivity index (χ3v) is 3.31. The van der Waals surface area contributed by atoms with Crippen LogP contribution in [0.4, 0.5) is 0 Å². The van der Waals surface area contributed by atoms with E-state index in [0.29, 0.717) is 5.41 Å². The number of hydrogen-bond donors (Lipinski definition) is 1. The van der Waals surface area contributed by atoms with Crippen molar-refractivity contribution in [3.63, 3.8) is 0 Å². The standard InChI is InChI=1S/C14H23IN2/c1-14(2,11-17(3)4)10-16-9-12-5-7-13(15)8-6-12/h5-8,16H,9-11H2,1-4H3. The molecule has 0 amide bonds. The van der Waals surface area contributed by atoms with Crippen molar-refractivity contribution in [2.24, 2.45) is 5.41 Å². The lowest BCUT2D eigenvalue weighted by atomic mass is 9.93. The zero-order chi connectivity index (χ0) is 12.9. The molecule has 0 unspecified atom stereocenters. The summed E-state index contributed by atoms with van der Waals surface area (Å²) < 4.78 is 1.29. The number of benzene rings is 1. The largest absolute Gasteiger partial charge is 0.312 e. The minimum absolute atomic E-state index is 0.312. The smallest absolute Gasteiger partial charge is 0.0205 e. The van der Waals surface area contributed by atoms with E-state index in [2.05, 4.69) is 85.0 Å². The third kappa shape index (κ3) is 6.38. The summed E-state index contributed by atoms with van der Waals surface area (Å²) in [6.45, 7) is 7.69. The molecule has 0 spiro atoms. The van der Waals surface area contributed by atoms with E-state index >= 15 is 0 Å². The maximum absolute atomic E-state index is 3.54. The van der Waals surface area contributed by atoms with Gasteiger partial charge in [-0.1, -0.05) is 26.0 Å². The summed E-state index contributed by atoms with van der Waals surface area (Å²) in [5.41, 5.74) is 1.67. The number of hydrogen-bond acceptors (Lipinski definition) is 2. The molecule has 3 heteroatoms. The molecule has 0 radical (unpaired) electrons. The van der Waals surface area contributed by atoms with E-state index in [1.807, 2.05) is 0 Å². The highest BCUT2D eigenvalue weighted by atomic mass is 127. The van der Waals surface area contributed by atoms with Crippen LogP contribution < -0.4 is 5.32 Å². The number of rotatable bonds is 6.